The highest BCUT2D eigenvalue weighted by Gasteiger charge is 2.38. The Balaban J connectivity index is 1.21. The van der Waals surface area contributed by atoms with Gasteiger partial charge in [-0.1, -0.05) is 25.0 Å². The van der Waals surface area contributed by atoms with Crippen molar-refractivity contribution in [2.24, 2.45) is 17.8 Å². The van der Waals surface area contributed by atoms with E-state index in [1.807, 2.05) is 0 Å². The van der Waals surface area contributed by atoms with Gasteiger partial charge >= 0.3 is 0 Å². The lowest BCUT2D eigenvalue weighted by Crippen LogP contribution is -2.34. The summed E-state index contributed by atoms with van der Waals surface area (Å²) in [5.74, 6) is 2.15. The minimum atomic E-state index is -0.761. The van der Waals surface area contributed by atoms with Crippen LogP contribution in [-0.4, -0.2) is 24.6 Å². The summed E-state index contributed by atoms with van der Waals surface area (Å²) in [7, 11) is 0. The van der Waals surface area contributed by atoms with Crippen molar-refractivity contribution in [1.82, 2.24) is 0 Å². The Morgan fingerprint density at radius 1 is 0.852 bits per heavy atom. The molecule has 0 unspecified atom stereocenters. The highest BCUT2D eigenvalue weighted by molar-refractivity contribution is 5.23. The van der Waals surface area contributed by atoms with Crippen molar-refractivity contribution in [2.75, 3.05) is 13.2 Å². The van der Waals surface area contributed by atoms with Crippen molar-refractivity contribution < 1.29 is 19.0 Å². The highest BCUT2D eigenvalue weighted by atomic mass is 19.1. The van der Waals surface area contributed by atoms with Gasteiger partial charge < -0.3 is 14.6 Å². The van der Waals surface area contributed by atoms with Crippen LogP contribution in [0.15, 0.2) is 24.3 Å². The molecule has 1 saturated heterocycles. The summed E-state index contributed by atoms with van der Waals surface area (Å²) in [5.41, 5.74) is 0.116. The van der Waals surface area contributed by atoms with Crippen LogP contribution >= 0.6 is 0 Å². The van der Waals surface area contributed by atoms with Gasteiger partial charge in [0.05, 0.1) is 18.8 Å². The van der Waals surface area contributed by atoms with Gasteiger partial charge in [0.15, 0.2) is 6.29 Å². The molecule has 2 saturated carbocycles. The molecule has 2 aliphatic carbocycles. The minimum absolute atomic E-state index is 0.0465. The molecule has 1 heterocycles. The molecular weight excluding hydrogens is 343 g/mol. The molecule has 150 valence electrons. The Labute approximate surface area is 162 Å². The van der Waals surface area contributed by atoms with E-state index in [0.717, 1.165) is 68.6 Å². The Morgan fingerprint density at radius 3 is 2.07 bits per heavy atom. The van der Waals surface area contributed by atoms with Gasteiger partial charge in [0.25, 0.3) is 0 Å². The summed E-state index contributed by atoms with van der Waals surface area (Å²) < 4.78 is 24.3. The van der Waals surface area contributed by atoms with Crippen LogP contribution in [0.2, 0.25) is 0 Å². The number of rotatable bonds is 5. The molecule has 0 spiro atoms. The monoisotopic (exact) mass is 376 g/mol. The van der Waals surface area contributed by atoms with Gasteiger partial charge in [-0.15, -0.1) is 0 Å². The third-order valence-corrected chi connectivity index (χ3v) is 7.30. The Bertz CT molecular complexity index is 580. The van der Waals surface area contributed by atoms with Crippen LogP contribution in [0.1, 0.15) is 69.8 Å². The SMILES string of the molecule is O[C@]1(c2ccc(F)cc2)CC[C@H](C2CCC(CCC3OCCO3)CC2)CC1. The molecule has 1 N–H and O–H groups in total. The molecule has 0 atom stereocenters. The number of hydrogen-bond donors (Lipinski definition) is 1. The molecule has 1 aliphatic heterocycles. The number of benzene rings is 1. The van der Waals surface area contributed by atoms with Crippen LogP contribution in [0.25, 0.3) is 0 Å². The topological polar surface area (TPSA) is 38.7 Å². The molecule has 4 heteroatoms. The zero-order valence-electron chi connectivity index (χ0n) is 16.2. The van der Waals surface area contributed by atoms with E-state index in [1.165, 1.54) is 44.2 Å². The second kappa shape index (κ2) is 8.59. The van der Waals surface area contributed by atoms with Crippen molar-refractivity contribution in [3.05, 3.63) is 35.6 Å². The second-order valence-electron chi connectivity index (χ2n) is 8.91. The summed E-state index contributed by atoms with van der Waals surface area (Å²) in [6, 6.07) is 6.42. The maximum atomic E-state index is 13.2. The van der Waals surface area contributed by atoms with Crippen molar-refractivity contribution >= 4 is 0 Å². The first-order chi connectivity index (χ1) is 13.1. The van der Waals surface area contributed by atoms with Crippen LogP contribution in [0, 0.1) is 23.6 Å². The Morgan fingerprint density at radius 2 is 1.44 bits per heavy atom. The molecule has 0 radical (unpaired) electrons. The summed E-state index contributed by atoms with van der Waals surface area (Å²) in [4.78, 5) is 0. The molecule has 4 rings (SSSR count). The average Bonchev–Trinajstić information content (AvgIpc) is 3.22. The van der Waals surface area contributed by atoms with Crippen molar-refractivity contribution in [2.45, 2.75) is 76.1 Å². The largest absolute Gasteiger partial charge is 0.385 e. The fourth-order valence-electron chi connectivity index (χ4n) is 5.53. The number of hydrogen-bond acceptors (Lipinski definition) is 3. The first-order valence-corrected chi connectivity index (χ1v) is 10.8. The van der Waals surface area contributed by atoms with Gasteiger partial charge in [-0.05, 0) is 86.8 Å². The lowest BCUT2D eigenvalue weighted by Gasteiger charge is -2.41. The minimum Gasteiger partial charge on any atom is -0.385 e. The smallest absolute Gasteiger partial charge is 0.157 e. The maximum absolute atomic E-state index is 13.2. The number of halogens is 1. The fraction of sp³-hybridized carbons (Fsp3) is 0.739. The third kappa shape index (κ3) is 4.72. The first kappa shape index (κ1) is 19.4. The number of aliphatic hydroxyl groups is 1. The summed E-state index contributed by atoms with van der Waals surface area (Å²) in [6.45, 7) is 1.51. The molecule has 27 heavy (non-hydrogen) atoms. The average molecular weight is 377 g/mol. The van der Waals surface area contributed by atoms with Crippen molar-refractivity contribution in [3.8, 4) is 0 Å². The van der Waals surface area contributed by atoms with Crippen molar-refractivity contribution in [1.29, 1.82) is 0 Å². The molecule has 3 nitrogen and oxygen atoms in total. The molecule has 0 amide bonds. The molecule has 3 aliphatic rings. The Hall–Kier alpha value is -0.970. The van der Waals surface area contributed by atoms with E-state index in [0.29, 0.717) is 0 Å². The zero-order chi connectivity index (χ0) is 18.7. The first-order valence-electron chi connectivity index (χ1n) is 10.8. The van der Waals surface area contributed by atoms with Crippen LogP contribution in [0.4, 0.5) is 4.39 Å². The predicted molar refractivity (Wildman–Crippen MR) is 103 cm³/mol. The molecule has 1 aromatic carbocycles. The number of ether oxygens (including phenoxy) is 2. The molecular formula is C23H33FO3. The van der Waals surface area contributed by atoms with E-state index < -0.39 is 5.60 Å². The third-order valence-electron chi connectivity index (χ3n) is 7.30. The van der Waals surface area contributed by atoms with Gasteiger partial charge in [-0.2, -0.15) is 0 Å². The molecule has 1 aromatic rings. The normalized spacial score (nSPS) is 35.4. The van der Waals surface area contributed by atoms with Crippen LogP contribution in [-0.2, 0) is 15.1 Å². The molecule has 0 aromatic heterocycles. The summed E-state index contributed by atoms with van der Waals surface area (Å²) in [5, 5.41) is 11.0. The van der Waals surface area contributed by atoms with E-state index >= 15 is 0 Å². The molecule has 3 fully saturated rings. The van der Waals surface area contributed by atoms with Gasteiger partial charge in [-0.3, -0.25) is 0 Å². The van der Waals surface area contributed by atoms with E-state index in [2.05, 4.69) is 0 Å². The van der Waals surface area contributed by atoms with Gasteiger partial charge in [0.1, 0.15) is 5.82 Å². The second-order valence-corrected chi connectivity index (χ2v) is 8.91. The predicted octanol–water partition coefficient (Wildman–Crippen LogP) is 5.16. The van der Waals surface area contributed by atoms with Crippen molar-refractivity contribution in [3.63, 3.8) is 0 Å². The van der Waals surface area contributed by atoms with Gasteiger partial charge in [0, 0.05) is 0 Å². The van der Waals surface area contributed by atoms with Crippen LogP contribution in [0.3, 0.4) is 0 Å². The van der Waals surface area contributed by atoms with Crippen LogP contribution in [0.5, 0.6) is 0 Å². The summed E-state index contributed by atoms with van der Waals surface area (Å²) in [6.07, 6.45) is 11.4. The molecule has 0 bridgehead atoms. The lowest BCUT2D eigenvalue weighted by atomic mass is 9.66. The zero-order valence-corrected chi connectivity index (χ0v) is 16.2. The van der Waals surface area contributed by atoms with E-state index in [4.69, 9.17) is 9.47 Å². The summed E-state index contributed by atoms with van der Waals surface area (Å²) >= 11 is 0. The fourth-order valence-corrected chi connectivity index (χ4v) is 5.53. The van der Waals surface area contributed by atoms with Crippen LogP contribution < -0.4 is 0 Å². The quantitative estimate of drug-likeness (QED) is 0.771. The maximum Gasteiger partial charge on any atom is 0.157 e. The highest BCUT2D eigenvalue weighted by Crippen LogP contribution is 2.46. The van der Waals surface area contributed by atoms with Gasteiger partial charge in [-0.25, -0.2) is 4.39 Å². The lowest BCUT2D eigenvalue weighted by molar-refractivity contribution is -0.0520. The van der Waals surface area contributed by atoms with E-state index in [1.54, 1.807) is 12.1 Å². The Kier molecular flexibility index (Phi) is 6.15. The van der Waals surface area contributed by atoms with E-state index in [-0.39, 0.29) is 12.1 Å². The van der Waals surface area contributed by atoms with Gasteiger partial charge in [0.2, 0.25) is 0 Å². The standard InChI is InChI=1S/C23H33FO3/c24-21-8-6-20(7-9-21)23(25)13-11-19(12-14-23)18-4-1-17(2-5-18)3-10-22-26-15-16-27-22/h6-9,17-19,22,25H,1-5,10-16H2/t17?,18?,19-,23+. The van der Waals surface area contributed by atoms with E-state index in [9.17, 15) is 9.50 Å².